The number of hydrogen-bond donors (Lipinski definition) is 1. The predicted molar refractivity (Wildman–Crippen MR) is 67.8 cm³/mol. The van der Waals surface area contributed by atoms with Gasteiger partial charge in [-0.1, -0.05) is 0 Å². The Labute approximate surface area is 99.9 Å². The second kappa shape index (κ2) is 5.10. The van der Waals surface area contributed by atoms with Crippen LogP contribution in [0.25, 0.3) is 0 Å². The Balaban J connectivity index is 2.91. The monoisotopic (exact) mass is 243 g/mol. The summed E-state index contributed by atoms with van der Waals surface area (Å²) < 4.78 is 13.4. The van der Waals surface area contributed by atoms with E-state index < -0.39 is 10.8 Å². The van der Waals surface area contributed by atoms with E-state index in [1.54, 1.807) is 12.6 Å². The fourth-order valence-corrected chi connectivity index (χ4v) is 1.87. The molecule has 0 spiro atoms. The van der Waals surface area contributed by atoms with Crippen molar-refractivity contribution in [2.24, 2.45) is 0 Å². The molecule has 92 valence electrons. The Morgan fingerprint density at radius 1 is 1.62 bits per heavy atom. The molecule has 0 bridgehead atoms. The van der Waals surface area contributed by atoms with E-state index in [9.17, 15) is 4.21 Å². The number of hydrogen-bond acceptors (Lipinski definition) is 3. The average Bonchev–Trinajstić information content (AvgIpc) is 2.66. The van der Waals surface area contributed by atoms with E-state index in [1.807, 2.05) is 20.2 Å². The van der Waals surface area contributed by atoms with Gasteiger partial charge in [0.25, 0.3) is 0 Å². The number of nitrogens with one attached hydrogen (secondary N) is 1. The second-order valence-electron chi connectivity index (χ2n) is 4.62. The van der Waals surface area contributed by atoms with Crippen LogP contribution in [0.2, 0.25) is 0 Å². The summed E-state index contributed by atoms with van der Waals surface area (Å²) in [5, 5.41) is 3.39. The van der Waals surface area contributed by atoms with Gasteiger partial charge in [0.2, 0.25) is 0 Å². The van der Waals surface area contributed by atoms with Gasteiger partial charge in [0.15, 0.2) is 0 Å². The van der Waals surface area contributed by atoms with Gasteiger partial charge >= 0.3 is 0 Å². The lowest BCUT2D eigenvalue weighted by Crippen LogP contribution is -2.36. The van der Waals surface area contributed by atoms with Crippen molar-refractivity contribution in [3.63, 3.8) is 0 Å². The van der Waals surface area contributed by atoms with Crippen molar-refractivity contribution in [3.05, 3.63) is 18.2 Å². The number of imidazole rings is 1. The molecule has 5 heteroatoms. The summed E-state index contributed by atoms with van der Waals surface area (Å²) in [7, 11) is 1.13. The first kappa shape index (κ1) is 13.4. The third-order valence-corrected chi connectivity index (χ3v) is 4.28. The molecule has 2 unspecified atom stereocenters. The molecule has 0 fully saturated rings. The van der Waals surface area contributed by atoms with E-state index in [0.717, 1.165) is 12.2 Å². The van der Waals surface area contributed by atoms with Crippen LogP contribution in [-0.2, 0) is 22.9 Å². The van der Waals surface area contributed by atoms with Crippen LogP contribution in [0, 0.1) is 0 Å². The van der Waals surface area contributed by atoms with Gasteiger partial charge in [-0.15, -0.1) is 0 Å². The Morgan fingerprint density at radius 3 is 2.75 bits per heavy atom. The summed E-state index contributed by atoms with van der Waals surface area (Å²) >= 11 is 0. The molecule has 2 atom stereocenters. The molecule has 0 aliphatic carbocycles. The normalized spacial score (nSPS) is 16.1. The highest BCUT2D eigenvalue weighted by Crippen LogP contribution is 2.19. The maximum absolute atomic E-state index is 11.4. The van der Waals surface area contributed by atoms with Crippen molar-refractivity contribution in [3.8, 4) is 0 Å². The van der Waals surface area contributed by atoms with Crippen molar-refractivity contribution in [2.45, 2.75) is 38.1 Å². The van der Waals surface area contributed by atoms with E-state index in [4.69, 9.17) is 0 Å². The van der Waals surface area contributed by atoms with Gasteiger partial charge in [0, 0.05) is 35.0 Å². The molecule has 1 heterocycles. The summed E-state index contributed by atoms with van der Waals surface area (Å²) in [6.07, 6.45) is 5.41. The van der Waals surface area contributed by atoms with Gasteiger partial charge < -0.3 is 9.88 Å². The lowest BCUT2D eigenvalue weighted by Gasteiger charge is -2.26. The van der Waals surface area contributed by atoms with Gasteiger partial charge in [-0.3, -0.25) is 4.21 Å². The zero-order chi connectivity index (χ0) is 12.3. The van der Waals surface area contributed by atoms with Gasteiger partial charge in [0.1, 0.15) is 0 Å². The molecular weight excluding hydrogens is 222 g/mol. The molecule has 0 aliphatic rings. The smallest absolute Gasteiger partial charge is 0.0949 e. The highest BCUT2D eigenvalue weighted by atomic mass is 32.2. The molecule has 0 saturated heterocycles. The lowest BCUT2D eigenvalue weighted by molar-refractivity contribution is 0.408. The van der Waals surface area contributed by atoms with Gasteiger partial charge in [0.05, 0.1) is 17.6 Å². The average molecular weight is 243 g/mol. The molecule has 0 aliphatic heterocycles. The maximum Gasteiger partial charge on any atom is 0.0949 e. The molecule has 4 nitrogen and oxygen atoms in total. The topological polar surface area (TPSA) is 46.9 Å². The molecule has 0 radical (unpaired) electrons. The lowest BCUT2D eigenvalue weighted by atomic mass is 10.0. The molecule has 1 aromatic heterocycles. The Hall–Kier alpha value is -0.680. The van der Waals surface area contributed by atoms with Gasteiger partial charge in [-0.05, 0) is 27.8 Å². The Kier molecular flexibility index (Phi) is 4.27. The molecule has 1 rings (SSSR count). The van der Waals surface area contributed by atoms with E-state index >= 15 is 0 Å². The van der Waals surface area contributed by atoms with E-state index in [1.165, 1.54) is 0 Å². The molecule has 0 aromatic carbocycles. The Bertz CT molecular complexity index is 373. The highest BCUT2D eigenvalue weighted by molar-refractivity contribution is 7.84. The SMILES string of the molecule is CNC(C)(C)c1cncn1CC(C)S(C)=O. The maximum atomic E-state index is 11.4. The number of nitrogens with zero attached hydrogens (tertiary/aromatic N) is 2. The molecule has 1 aromatic rings. The zero-order valence-corrected chi connectivity index (χ0v) is 11.5. The molecule has 16 heavy (non-hydrogen) atoms. The highest BCUT2D eigenvalue weighted by Gasteiger charge is 2.23. The van der Waals surface area contributed by atoms with Crippen LogP contribution in [0.4, 0.5) is 0 Å². The second-order valence-corrected chi connectivity index (χ2v) is 6.42. The minimum absolute atomic E-state index is 0.120. The Morgan fingerprint density at radius 2 is 2.25 bits per heavy atom. The van der Waals surface area contributed by atoms with Gasteiger partial charge in [-0.2, -0.15) is 0 Å². The first-order valence-corrected chi connectivity index (χ1v) is 7.02. The molecular formula is C11H21N3OS. The fraction of sp³-hybridized carbons (Fsp3) is 0.727. The minimum Gasteiger partial charge on any atom is -0.332 e. The summed E-state index contributed by atoms with van der Waals surface area (Å²) in [5.41, 5.74) is 0.998. The largest absolute Gasteiger partial charge is 0.332 e. The summed E-state index contributed by atoms with van der Waals surface area (Å²) in [4.78, 5) is 4.17. The van der Waals surface area contributed by atoms with Gasteiger partial charge in [-0.25, -0.2) is 4.98 Å². The van der Waals surface area contributed by atoms with Crippen molar-refractivity contribution >= 4 is 10.8 Å². The fourth-order valence-electron chi connectivity index (χ4n) is 1.50. The standard InChI is InChI=1S/C11H21N3OS/c1-9(16(5)15)7-14-8-13-6-10(14)11(2,3)12-4/h6,8-9,12H,7H2,1-5H3. The predicted octanol–water partition coefficient (Wildman–Crippen LogP) is 1.10. The van der Waals surface area contributed by atoms with E-state index in [2.05, 4.69) is 28.7 Å². The van der Waals surface area contributed by atoms with Crippen molar-refractivity contribution in [1.82, 2.24) is 14.9 Å². The first-order chi connectivity index (χ1) is 7.38. The zero-order valence-electron chi connectivity index (χ0n) is 10.7. The first-order valence-electron chi connectivity index (χ1n) is 5.40. The molecule has 0 amide bonds. The minimum atomic E-state index is -0.801. The molecule has 1 N–H and O–H groups in total. The van der Waals surface area contributed by atoms with Crippen molar-refractivity contribution in [1.29, 1.82) is 0 Å². The number of aromatic nitrogens is 2. The summed E-state index contributed by atoms with van der Waals surface area (Å²) in [6.45, 7) is 6.94. The number of rotatable bonds is 5. The van der Waals surface area contributed by atoms with Crippen LogP contribution in [0.5, 0.6) is 0 Å². The summed E-state index contributed by atoms with van der Waals surface area (Å²) in [6, 6.07) is 0. The van der Waals surface area contributed by atoms with Crippen molar-refractivity contribution < 1.29 is 4.21 Å². The van der Waals surface area contributed by atoms with Crippen LogP contribution >= 0.6 is 0 Å². The third kappa shape index (κ3) is 2.92. The van der Waals surface area contributed by atoms with Crippen LogP contribution in [0.3, 0.4) is 0 Å². The third-order valence-electron chi connectivity index (χ3n) is 3.00. The van der Waals surface area contributed by atoms with Crippen LogP contribution in [0.15, 0.2) is 12.5 Å². The van der Waals surface area contributed by atoms with Crippen LogP contribution in [-0.4, -0.2) is 32.3 Å². The van der Waals surface area contributed by atoms with Crippen LogP contribution in [0.1, 0.15) is 26.5 Å². The summed E-state index contributed by atoms with van der Waals surface area (Å²) in [5.74, 6) is 0. The van der Waals surface area contributed by atoms with Crippen molar-refractivity contribution in [2.75, 3.05) is 13.3 Å². The van der Waals surface area contributed by atoms with E-state index in [0.29, 0.717) is 0 Å². The van der Waals surface area contributed by atoms with Crippen LogP contribution < -0.4 is 5.32 Å². The van der Waals surface area contributed by atoms with E-state index in [-0.39, 0.29) is 10.8 Å². The molecule has 0 saturated carbocycles. The quantitative estimate of drug-likeness (QED) is 0.842.